The van der Waals surface area contributed by atoms with E-state index in [4.69, 9.17) is 21.1 Å². The number of sulfonamides is 1. The second-order valence-corrected chi connectivity index (χ2v) is 21.1. The number of likely N-dealkylation sites (tertiary alicyclic amines) is 1. The number of carbonyl (C=O) groups is 1. The molecule has 0 spiro atoms. The topological polar surface area (TPSA) is 162 Å². The molecule has 1 aromatic heterocycles. The van der Waals surface area contributed by atoms with E-state index in [2.05, 4.69) is 46.1 Å². The summed E-state index contributed by atoms with van der Waals surface area (Å²) in [5.74, 6) is -1.59. The van der Waals surface area contributed by atoms with E-state index in [1.165, 1.54) is 34.9 Å². The van der Waals surface area contributed by atoms with Crippen molar-refractivity contribution in [1.82, 2.24) is 19.5 Å². The number of benzene rings is 4. The van der Waals surface area contributed by atoms with Crippen LogP contribution in [0.25, 0.3) is 16.5 Å². The lowest BCUT2D eigenvalue weighted by molar-refractivity contribution is -0.384. The van der Waals surface area contributed by atoms with Crippen molar-refractivity contribution in [1.29, 1.82) is 0 Å². The maximum atomic E-state index is 16.4. The minimum absolute atomic E-state index is 0.0453. The van der Waals surface area contributed by atoms with Crippen molar-refractivity contribution in [2.75, 3.05) is 69.2 Å². The SMILES string of the molecule is CC1(C)CCC(CN2CCN(c3cc(Oc4ccc5[nH]ccc5c4)c(C(=O)NS(=O)(=O)c4ccc(NC5CCN(C6CCOCC6)CC5)c([N+](=O)[O-])c4)cc3F)CC2)=C(c2ccc(Cl)cc2)C1. The summed E-state index contributed by atoms with van der Waals surface area (Å²) in [6.07, 6.45) is 8.33. The highest BCUT2D eigenvalue weighted by atomic mass is 35.5. The molecule has 9 rings (SSSR count). The molecular weight excluding hydrogens is 897 g/mol. The second-order valence-electron chi connectivity index (χ2n) is 19.0. The Morgan fingerprint density at radius 2 is 1.70 bits per heavy atom. The smallest absolute Gasteiger partial charge is 0.293 e. The van der Waals surface area contributed by atoms with E-state index in [9.17, 15) is 23.3 Å². The summed E-state index contributed by atoms with van der Waals surface area (Å²) in [6, 6.07) is 21.5. The fraction of sp³-hybridized carbons (Fsp3) is 0.420. The van der Waals surface area contributed by atoms with Gasteiger partial charge in [-0.1, -0.05) is 43.2 Å². The number of hydrogen-bond acceptors (Lipinski definition) is 11. The minimum atomic E-state index is -4.69. The molecule has 1 aliphatic carbocycles. The van der Waals surface area contributed by atoms with Gasteiger partial charge in [-0.2, -0.15) is 0 Å². The van der Waals surface area contributed by atoms with E-state index in [0.29, 0.717) is 43.0 Å². The summed E-state index contributed by atoms with van der Waals surface area (Å²) in [5, 5.41) is 17.1. The number of piperidine rings is 1. The van der Waals surface area contributed by atoms with Crippen LogP contribution in [0.1, 0.15) is 74.7 Å². The predicted octanol–water partition coefficient (Wildman–Crippen LogP) is 9.62. The molecule has 67 heavy (non-hydrogen) atoms. The van der Waals surface area contributed by atoms with Crippen LogP contribution in [-0.2, 0) is 14.8 Å². The highest BCUT2D eigenvalue weighted by Gasteiger charge is 2.33. The Bertz CT molecular complexity index is 2780. The van der Waals surface area contributed by atoms with E-state index < -0.39 is 37.3 Å². The second kappa shape index (κ2) is 19.6. The first kappa shape index (κ1) is 46.6. The normalized spacial score (nSPS) is 19.1. The zero-order valence-electron chi connectivity index (χ0n) is 37.9. The molecule has 0 bridgehead atoms. The van der Waals surface area contributed by atoms with E-state index >= 15 is 4.39 Å². The number of carbonyl (C=O) groups excluding carboxylic acids is 1. The number of rotatable bonds is 13. The van der Waals surface area contributed by atoms with Crippen LogP contribution < -0.4 is 19.7 Å². The number of aromatic amines is 1. The van der Waals surface area contributed by atoms with Gasteiger partial charge < -0.3 is 29.6 Å². The van der Waals surface area contributed by atoms with E-state index in [1.807, 2.05) is 27.8 Å². The lowest BCUT2D eigenvalue weighted by Crippen LogP contribution is -2.47. The molecule has 0 unspecified atom stereocenters. The van der Waals surface area contributed by atoms with Crippen LogP contribution in [0.2, 0.25) is 5.02 Å². The van der Waals surface area contributed by atoms with Crippen molar-refractivity contribution in [3.8, 4) is 11.5 Å². The number of halogens is 2. The van der Waals surface area contributed by atoms with Gasteiger partial charge in [0, 0.05) is 105 Å². The van der Waals surface area contributed by atoms with Gasteiger partial charge in [-0.05, 0) is 116 Å². The Labute approximate surface area is 395 Å². The largest absolute Gasteiger partial charge is 0.456 e. The third-order valence-corrected chi connectivity index (χ3v) is 15.4. The van der Waals surface area contributed by atoms with Crippen molar-refractivity contribution >= 4 is 61.1 Å². The quantitative estimate of drug-likeness (QED) is 0.0761. The first-order valence-electron chi connectivity index (χ1n) is 23.1. The Balaban J connectivity index is 0.922. The molecule has 4 heterocycles. The number of ether oxygens (including phenoxy) is 2. The third kappa shape index (κ3) is 10.8. The molecule has 5 aromatic rings. The van der Waals surface area contributed by atoms with E-state index in [-0.39, 0.29) is 34.1 Å². The molecule has 0 saturated carbocycles. The summed E-state index contributed by atoms with van der Waals surface area (Å²) >= 11 is 6.24. The fourth-order valence-corrected chi connectivity index (χ4v) is 11.1. The molecule has 4 aliphatic rings. The van der Waals surface area contributed by atoms with Gasteiger partial charge in [-0.3, -0.25) is 19.8 Å². The van der Waals surface area contributed by atoms with Crippen LogP contribution in [0.15, 0.2) is 95.5 Å². The fourth-order valence-electron chi connectivity index (χ4n) is 10.0. The standard InChI is InChI=1S/C50H57ClFN7O7S/c1-50(2)17-11-35(42(31-50)33-3-5-36(51)6-4-33)32-56-21-23-58(24-22-56)46-30-48(66-39-7-9-44-34(27-39)12-18-53-44)41(29-43(46)52)49(60)55-67(63,64)40-8-10-45(47(28-40)59(61)62)54-37-13-19-57(20-14-37)38-15-25-65-26-16-38/h3-10,12,18,27-30,37-38,53-54H,11,13-17,19-26,31-32H2,1-2H3,(H,55,60). The number of allylic oxidation sites excluding steroid dienone is 1. The van der Waals surface area contributed by atoms with Crippen molar-refractivity contribution in [2.45, 2.75) is 75.8 Å². The monoisotopic (exact) mass is 953 g/mol. The molecule has 3 fully saturated rings. The Morgan fingerprint density at radius 3 is 2.43 bits per heavy atom. The molecule has 3 aliphatic heterocycles. The van der Waals surface area contributed by atoms with Gasteiger partial charge in [-0.15, -0.1) is 0 Å². The zero-order valence-corrected chi connectivity index (χ0v) is 39.4. The molecule has 3 saturated heterocycles. The molecule has 3 N–H and O–H groups in total. The van der Waals surface area contributed by atoms with Gasteiger partial charge in [0.05, 0.1) is 21.1 Å². The predicted molar refractivity (Wildman–Crippen MR) is 259 cm³/mol. The number of hydrogen-bond donors (Lipinski definition) is 3. The molecule has 1 amide bonds. The van der Waals surface area contributed by atoms with Crippen LogP contribution in [0, 0.1) is 21.3 Å². The first-order valence-corrected chi connectivity index (χ1v) is 25.0. The molecule has 0 atom stereocenters. The first-order chi connectivity index (χ1) is 32.2. The third-order valence-electron chi connectivity index (χ3n) is 13.9. The summed E-state index contributed by atoms with van der Waals surface area (Å²) in [7, 11) is -4.69. The molecule has 354 valence electrons. The number of H-pyrrole nitrogens is 1. The number of aromatic nitrogens is 1. The van der Waals surface area contributed by atoms with Gasteiger partial charge >= 0.3 is 0 Å². The summed E-state index contributed by atoms with van der Waals surface area (Å²) in [5.41, 5.74) is 4.58. The molecule has 14 nitrogen and oxygen atoms in total. The zero-order chi connectivity index (χ0) is 46.9. The van der Waals surface area contributed by atoms with Crippen LogP contribution in [0.5, 0.6) is 11.5 Å². The Morgan fingerprint density at radius 1 is 0.955 bits per heavy atom. The molecule has 4 aromatic carbocycles. The number of amides is 1. The van der Waals surface area contributed by atoms with Crippen LogP contribution in [0.3, 0.4) is 0 Å². The molecule has 17 heteroatoms. The number of nitro benzene ring substituents is 1. The van der Waals surface area contributed by atoms with Crippen molar-refractivity contribution in [3.63, 3.8) is 0 Å². The number of fused-ring (bicyclic) bond motifs is 1. The van der Waals surface area contributed by atoms with Crippen molar-refractivity contribution < 1.29 is 32.0 Å². The maximum Gasteiger partial charge on any atom is 0.293 e. The number of piperazine rings is 1. The maximum absolute atomic E-state index is 16.4. The molecule has 0 radical (unpaired) electrons. The number of nitrogens with zero attached hydrogens (tertiary/aromatic N) is 4. The summed E-state index contributed by atoms with van der Waals surface area (Å²) in [4.78, 5) is 35.1. The summed E-state index contributed by atoms with van der Waals surface area (Å²) < 4.78 is 57.9. The lowest BCUT2D eigenvalue weighted by atomic mass is 9.72. The van der Waals surface area contributed by atoms with Gasteiger partial charge in [0.25, 0.3) is 21.6 Å². The Hall–Kier alpha value is -5.52. The number of nitro groups is 1. The highest BCUT2D eigenvalue weighted by molar-refractivity contribution is 7.90. The average molecular weight is 955 g/mol. The van der Waals surface area contributed by atoms with Crippen molar-refractivity contribution in [2.24, 2.45) is 5.41 Å². The summed E-state index contributed by atoms with van der Waals surface area (Å²) in [6.45, 7) is 10.9. The molecular formula is C50H57ClFN7O7S. The van der Waals surface area contributed by atoms with Gasteiger partial charge in [-0.25, -0.2) is 17.5 Å². The number of anilines is 2. The number of nitrogens with one attached hydrogen (secondary N) is 3. The van der Waals surface area contributed by atoms with Gasteiger partial charge in [0.15, 0.2) is 0 Å². The van der Waals surface area contributed by atoms with Gasteiger partial charge in [0.2, 0.25) is 0 Å². The van der Waals surface area contributed by atoms with Gasteiger partial charge in [0.1, 0.15) is 23.0 Å². The van der Waals surface area contributed by atoms with Crippen LogP contribution >= 0.6 is 11.6 Å². The highest BCUT2D eigenvalue weighted by Crippen LogP contribution is 2.44. The minimum Gasteiger partial charge on any atom is -0.456 e. The van der Waals surface area contributed by atoms with Crippen LogP contribution in [0.4, 0.5) is 21.5 Å². The van der Waals surface area contributed by atoms with Crippen LogP contribution in [-0.4, -0.2) is 105 Å². The van der Waals surface area contributed by atoms with Crippen molar-refractivity contribution in [3.05, 3.63) is 123 Å². The van der Waals surface area contributed by atoms with E-state index in [0.717, 1.165) is 101 Å². The Kier molecular flexibility index (Phi) is 13.6. The average Bonchev–Trinajstić information content (AvgIpc) is 3.79. The van der Waals surface area contributed by atoms with E-state index in [1.54, 1.807) is 24.4 Å². The lowest BCUT2D eigenvalue weighted by Gasteiger charge is -2.39.